The molecule has 10 heavy (non-hydrogen) atoms. The van der Waals surface area contributed by atoms with E-state index < -0.39 is 6.03 Å². The van der Waals surface area contributed by atoms with Crippen LogP contribution in [0.3, 0.4) is 0 Å². The molecule has 4 nitrogen and oxygen atoms in total. The van der Waals surface area contributed by atoms with Gasteiger partial charge in [-0.1, -0.05) is 0 Å². The fraction of sp³-hybridized carbons (Fsp3) is 0.667. The second-order valence-corrected chi connectivity index (χ2v) is 1.89. The van der Waals surface area contributed by atoms with Crippen molar-refractivity contribution in [1.29, 1.82) is 0 Å². The normalized spacial score (nSPS) is 8.80. The quantitative estimate of drug-likeness (QED) is 0.529. The summed E-state index contributed by atoms with van der Waals surface area (Å²) in [6, 6.07) is -0.518. The lowest BCUT2D eigenvalue weighted by atomic mass is 10.2. The van der Waals surface area contributed by atoms with Crippen LogP contribution in [0.4, 0.5) is 4.79 Å². The Kier molecular flexibility index (Phi) is 5.42. The van der Waals surface area contributed by atoms with Crippen molar-refractivity contribution < 1.29 is 9.59 Å². The zero-order valence-corrected chi connectivity index (χ0v) is 5.72. The molecule has 0 fully saturated rings. The lowest BCUT2D eigenvalue weighted by Crippen LogP contribution is -2.29. The fourth-order valence-corrected chi connectivity index (χ4v) is 0.534. The van der Waals surface area contributed by atoms with Gasteiger partial charge in [0.25, 0.3) is 0 Å². The monoisotopic (exact) mass is 143 g/mol. The minimum absolute atomic E-state index is 0.431. The van der Waals surface area contributed by atoms with Crippen LogP contribution in [0.1, 0.15) is 19.3 Å². The SMILES string of the molecule is NC(=O)NCCCC[C]=O. The van der Waals surface area contributed by atoms with E-state index >= 15 is 0 Å². The van der Waals surface area contributed by atoms with Gasteiger partial charge in [0.15, 0.2) is 6.29 Å². The average Bonchev–Trinajstić information content (AvgIpc) is 1.87. The maximum absolute atomic E-state index is 10.1. The number of amides is 2. The fourth-order valence-electron chi connectivity index (χ4n) is 0.534. The summed E-state index contributed by atoms with van der Waals surface area (Å²) in [5.74, 6) is 0. The third-order valence-corrected chi connectivity index (χ3v) is 1.00. The molecule has 0 bridgehead atoms. The smallest absolute Gasteiger partial charge is 0.312 e. The number of nitrogens with two attached hydrogens (primary N) is 1. The molecular formula is C6H11N2O2. The Morgan fingerprint density at radius 3 is 2.70 bits per heavy atom. The Morgan fingerprint density at radius 1 is 1.50 bits per heavy atom. The van der Waals surface area contributed by atoms with Gasteiger partial charge in [-0.2, -0.15) is 0 Å². The molecule has 0 aliphatic heterocycles. The zero-order chi connectivity index (χ0) is 7.82. The number of carbonyl (C=O) groups is 1. The number of rotatable bonds is 5. The van der Waals surface area contributed by atoms with Crippen LogP contribution in [0.15, 0.2) is 0 Å². The van der Waals surface area contributed by atoms with E-state index in [1.807, 2.05) is 0 Å². The van der Waals surface area contributed by atoms with Gasteiger partial charge >= 0.3 is 6.03 Å². The first kappa shape index (κ1) is 8.94. The highest BCUT2D eigenvalue weighted by molar-refractivity contribution is 5.71. The van der Waals surface area contributed by atoms with Crippen LogP contribution >= 0.6 is 0 Å². The number of nitrogens with one attached hydrogen (secondary N) is 1. The van der Waals surface area contributed by atoms with Crippen LogP contribution < -0.4 is 11.1 Å². The molecule has 0 aliphatic rings. The second-order valence-electron chi connectivity index (χ2n) is 1.89. The van der Waals surface area contributed by atoms with Crippen LogP contribution in [0.25, 0.3) is 0 Å². The van der Waals surface area contributed by atoms with Gasteiger partial charge in [0, 0.05) is 13.0 Å². The van der Waals surface area contributed by atoms with Crippen LogP contribution in [0.5, 0.6) is 0 Å². The summed E-state index contributed by atoms with van der Waals surface area (Å²) in [7, 11) is 0. The number of primary amides is 1. The van der Waals surface area contributed by atoms with E-state index in [1.165, 1.54) is 0 Å². The van der Waals surface area contributed by atoms with E-state index in [4.69, 9.17) is 5.73 Å². The van der Waals surface area contributed by atoms with E-state index in [1.54, 1.807) is 6.29 Å². The summed E-state index contributed by atoms with van der Waals surface area (Å²) in [5, 5.41) is 2.41. The second kappa shape index (κ2) is 6.07. The molecule has 1 radical (unpaired) electrons. The number of unbranched alkanes of at least 4 members (excludes halogenated alkanes) is 2. The molecule has 0 heterocycles. The van der Waals surface area contributed by atoms with Crippen molar-refractivity contribution in [3.05, 3.63) is 0 Å². The lowest BCUT2D eigenvalue weighted by Gasteiger charge is -1.97. The first-order chi connectivity index (χ1) is 4.77. The number of carbonyl (C=O) groups excluding carboxylic acids is 2. The van der Waals surface area contributed by atoms with Crippen LogP contribution in [0.2, 0.25) is 0 Å². The molecule has 0 aromatic rings. The first-order valence-corrected chi connectivity index (χ1v) is 3.15. The van der Waals surface area contributed by atoms with Crippen molar-refractivity contribution in [2.75, 3.05) is 6.54 Å². The standard InChI is InChI=1S/C6H11N2O2/c7-6(10)8-4-2-1-3-5-9/h1-4H2,(H3,7,8,10). The van der Waals surface area contributed by atoms with E-state index in [-0.39, 0.29) is 0 Å². The average molecular weight is 143 g/mol. The minimum atomic E-state index is -0.518. The predicted octanol–water partition coefficient (Wildman–Crippen LogP) is -0.0653. The Balaban J connectivity index is 2.90. The molecule has 0 saturated heterocycles. The summed E-state index contributed by atoms with van der Waals surface area (Å²) in [6.45, 7) is 0.539. The lowest BCUT2D eigenvalue weighted by molar-refractivity contribution is 0.249. The maximum Gasteiger partial charge on any atom is 0.312 e. The summed E-state index contributed by atoms with van der Waals surface area (Å²) in [4.78, 5) is 19.7. The molecule has 4 heteroatoms. The van der Waals surface area contributed by atoms with Crippen molar-refractivity contribution in [3.63, 3.8) is 0 Å². The van der Waals surface area contributed by atoms with Gasteiger partial charge in [0.2, 0.25) is 0 Å². The van der Waals surface area contributed by atoms with E-state index in [0.717, 1.165) is 12.8 Å². The van der Waals surface area contributed by atoms with E-state index in [9.17, 15) is 9.59 Å². The Morgan fingerprint density at radius 2 is 2.20 bits per heavy atom. The molecule has 0 saturated carbocycles. The van der Waals surface area contributed by atoms with Crippen LogP contribution in [-0.2, 0) is 4.79 Å². The summed E-state index contributed by atoms with van der Waals surface area (Å²) in [5.41, 5.74) is 4.78. The van der Waals surface area contributed by atoms with Gasteiger partial charge < -0.3 is 11.1 Å². The van der Waals surface area contributed by atoms with Crippen molar-refractivity contribution in [2.24, 2.45) is 5.73 Å². The predicted molar refractivity (Wildman–Crippen MR) is 37.1 cm³/mol. The summed E-state index contributed by atoms with van der Waals surface area (Å²) < 4.78 is 0. The highest BCUT2D eigenvalue weighted by Gasteiger charge is 1.90. The van der Waals surface area contributed by atoms with Gasteiger partial charge in [-0.05, 0) is 12.8 Å². The van der Waals surface area contributed by atoms with Gasteiger partial charge in [-0.3, -0.25) is 4.79 Å². The third-order valence-electron chi connectivity index (χ3n) is 1.00. The molecule has 0 atom stereocenters. The molecule has 0 unspecified atom stereocenters. The highest BCUT2D eigenvalue weighted by atomic mass is 16.2. The van der Waals surface area contributed by atoms with Gasteiger partial charge in [-0.25, -0.2) is 4.79 Å². The van der Waals surface area contributed by atoms with Crippen LogP contribution in [-0.4, -0.2) is 18.9 Å². The molecule has 3 N–H and O–H groups in total. The van der Waals surface area contributed by atoms with Crippen LogP contribution in [0, 0.1) is 0 Å². The molecule has 0 aromatic carbocycles. The van der Waals surface area contributed by atoms with Gasteiger partial charge in [-0.15, -0.1) is 0 Å². The Bertz CT molecular complexity index is 114. The molecular weight excluding hydrogens is 132 g/mol. The maximum atomic E-state index is 10.1. The van der Waals surface area contributed by atoms with Crippen molar-refractivity contribution >= 4 is 12.3 Å². The Hall–Kier alpha value is -1.06. The molecule has 0 aliphatic carbocycles. The molecule has 0 aromatic heterocycles. The third kappa shape index (κ3) is 6.94. The first-order valence-electron chi connectivity index (χ1n) is 3.15. The van der Waals surface area contributed by atoms with Crippen molar-refractivity contribution in [3.8, 4) is 0 Å². The summed E-state index contributed by atoms with van der Waals surface area (Å²) >= 11 is 0. The van der Waals surface area contributed by atoms with E-state index in [0.29, 0.717) is 13.0 Å². The molecule has 0 spiro atoms. The molecule has 2 amide bonds. The van der Waals surface area contributed by atoms with Gasteiger partial charge in [0.1, 0.15) is 0 Å². The van der Waals surface area contributed by atoms with Crippen molar-refractivity contribution in [2.45, 2.75) is 19.3 Å². The summed E-state index contributed by atoms with van der Waals surface area (Å²) in [6.07, 6.45) is 3.72. The Labute approximate surface area is 59.8 Å². The van der Waals surface area contributed by atoms with Gasteiger partial charge in [0.05, 0.1) is 0 Å². The number of urea groups is 1. The van der Waals surface area contributed by atoms with Crippen molar-refractivity contribution in [1.82, 2.24) is 5.32 Å². The minimum Gasteiger partial charge on any atom is -0.352 e. The molecule has 0 rings (SSSR count). The molecule has 57 valence electrons. The largest absolute Gasteiger partial charge is 0.352 e. The van der Waals surface area contributed by atoms with E-state index in [2.05, 4.69) is 5.32 Å². The number of hydrogen-bond donors (Lipinski definition) is 2. The highest BCUT2D eigenvalue weighted by Crippen LogP contribution is 1.88. The zero-order valence-electron chi connectivity index (χ0n) is 5.72. The topological polar surface area (TPSA) is 72.2 Å². The number of hydrogen-bond acceptors (Lipinski definition) is 2.